The number of sulfonamides is 1. The number of nitrogens with zero attached hydrogens (tertiary/aromatic N) is 2. The zero-order valence-electron chi connectivity index (χ0n) is 11.4. The van der Waals surface area contributed by atoms with E-state index in [1.54, 1.807) is 6.92 Å². The zero-order chi connectivity index (χ0) is 16.4. The summed E-state index contributed by atoms with van der Waals surface area (Å²) in [6.07, 6.45) is -3.48. The van der Waals surface area contributed by atoms with Gasteiger partial charge in [0.15, 0.2) is 5.03 Å². The van der Waals surface area contributed by atoms with Gasteiger partial charge in [-0.25, -0.2) is 23.1 Å². The van der Waals surface area contributed by atoms with Crippen LogP contribution in [-0.2, 0) is 22.6 Å². The summed E-state index contributed by atoms with van der Waals surface area (Å²) in [5.74, 6) is 0. The number of aryl methyl sites for hydroxylation is 1. The second-order valence-electron chi connectivity index (χ2n) is 4.38. The van der Waals surface area contributed by atoms with Gasteiger partial charge in [0.05, 0.1) is 10.6 Å². The van der Waals surface area contributed by atoms with E-state index in [-0.39, 0.29) is 6.54 Å². The molecule has 0 amide bonds. The first kappa shape index (κ1) is 16.8. The predicted molar refractivity (Wildman–Crippen MR) is 75.0 cm³/mol. The smallest absolute Gasteiger partial charge is 0.247 e. The Labute approximate surface area is 129 Å². The van der Waals surface area contributed by atoms with Gasteiger partial charge in [0.1, 0.15) is 0 Å². The Bertz CT molecular complexity index is 757. The lowest BCUT2D eigenvalue weighted by Gasteiger charge is -2.12. The van der Waals surface area contributed by atoms with Crippen LogP contribution in [0.2, 0.25) is 0 Å². The van der Waals surface area contributed by atoms with E-state index in [9.17, 15) is 21.6 Å². The molecule has 0 saturated heterocycles. The van der Waals surface area contributed by atoms with Gasteiger partial charge >= 0.3 is 6.18 Å². The molecule has 0 aliphatic rings. The molecule has 0 fully saturated rings. The average molecular weight is 351 g/mol. The molecular weight excluding hydrogens is 339 g/mol. The fourth-order valence-electron chi connectivity index (χ4n) is 1.70. The molecule has 0 bridgehead atoms. The standard InChI is InChI=1S/C12H12F3N3O2S2/c1-8-7-21-10(18-8)4-6-17-22(19,20)11-9(12(13,14)15)3-2-5-16-11/h2-3,5,7,17H,4,6H2,1H3. The summed E-state index contributed by atoms with van der Waals surface area (Å²) in [7, 11) is -4.34. The zero-order valence-corrected chi connectivity index (χ0v) is 13.0. The number of rotatable bonds is 5. The van der Waals surface area contributed by atoms with E-state index in [2.05, 4.69) is 14.7 Å². The molecule has 2 aromatic rings. The van der Waals surface area contributed by atoms with E-state index in [0.717, 1.165) is 18.0 Å². The van der Waals surface area contributed by atoms with Crippen molar-refractivity contribution in [1.82, 2.24) is 14.7 Å². The molecule has 1 N–H and O–H groups in total. The molecule has 0 unspecified atom stereocenters. The number of halogens is 3. The number of aromatic nitrogens is 2. The second-order valence-corrected chi connectivity index (χ2v) is 7.01. The van der Waals surface area contributed by atoms with Crippen molar-refractivity contribution in [1.29, 1.82) is 0 Å². The summed E-state index contributed by atoms with van der Waals surface area (Å²) in [6.45, 7) is 1.75. The van der Waals surface area contributed by atoms with Crippen LogP contribution in [0.15, 0.2) is 28.7 Å². The van der Waals surface area contributed by atoms with Crippen LogP contribution in [0, 0.1) is 6.92 Å². The molecular formula is C12H12F3N3O2S2. The van der Waals surface area contributed by atoms with Crippen molar-refractivity contribution in [3.63, 3.8) is 0 Å². The monoisotopic (exact) mass is 351 g/mol. The molecule has 2 aromatic heterocycles. The van der Waals surface area contributed by atoms with Gasteiger partial charge in [-0.2, -0.15) is 13.2 Å². The molecule has 0 radical (unpaired) electrons. The van der Waals surface area contributed by atoms with Crippen molar-refractivity contribution in [3.05, 3.63) is 40.0 Å². The van der Waals surface area contributed by atoms with Crippen molar-refractivity contribution >= 4 is 21.4 Å². The Morgan fingerprint density at radius 2 is 2.09 bits per heavy atom. The molecule has 10 heteroatoms. The van der Waals surface area contributed by atoms with Gasteiger partial charge in [-0.3, -0.25) is 0 Å². The molecule has 0 aliphatic carbocycles. The van der Waals surface area contributed by atoms with Gasteiger partial charge in [-0.1, -0.05) is 0 Å². The number of pyridine rings is 1. The Hall–Kier alpha value is -1.52. The topological polar surface area (TPSA) is 72.0 Å². The van der Waals surface area contributed by atoms with Crippen LogP contribution in [0.4, 0.5) is 13.2 Å². The summed E-state index contributed by atoms with van der Waals surface area (Å²) in [4.78, 5) is 7.51. The third-order valence-corrected chi connectivity index (χ3v) is 5.07. The maximum Gasteiger partial charge on any atom is 0.419 e. The highest BCUT2D eigenvalue weighted by Gasteiger charge is 2.37. The SMILES string of the molecule is Cc1csc(CCNS(=O)(=O)c2ncccc2C(F)(F)F)n1. The van der Waals surface area contributed by atoms with Gasteiger partial charge in [0, 0.05) is 30.2 Å². The van der Waals surface area contributed by atoms with Gasteiger partial charge in [-0.15, -0.1) is 11.3 Å². The highest BCUT2D eigenvalue weighted by Crippen LogP contribution is 2.32. The summed E-state index contributed by atoms with van der Waals surface area (Å²) >= 11 is 1.36. The van der Waals surface area contributed by atoms with Gasteiger partial charge in [0.2, 0.25) is 0 Å². The fourth-order valence-corrected chi connectivity index (χ4v) is 3.66. The van der Waals surface area contributed by atoms with Crippen LogP contribution >= 0.6 is 11.3 Å². The van der Waals surface area contributed by atoms with Crippen molar-refractivity contribution < 1.29 is 21.6 Å². The van der Waals surface area contributed by atoms with Crippen molar-refractivity contribution in [2.45, 2.75) is 24.5 Å². The second kappa shape index (κ2) is 6.31. The van der Waals surface area contributed by atoms with Crippen LogP contribution in [0.25, 0.3) is 0 Å². The van der Waals surface area contributed by atoms with Crippen LogP contribution < -0.4 is 4.72 Å². The normalized spacial score (nSPS) is 12.5. The lowest BCUT2D eigenvalue weighted by Crippen LogP contribution is -2.29. The minimum atomic E-state index is -4.79. The summed E-state index contributed by atoms with van der Waals surface area (Å²) in [5, 5.41) is 1.50. The molecule has 22 heavy (non-hydrogen) atoms. The maximum atomic E-state index is 12.8. The summed E-state index contributed by atoms with van der Waals surface area (Å²) < 4.78 is 64.6. The Morgan fingerprint density at radius 3 is 2.68 bits per heavy atom. The largest absolute Gasteiger partial charge is 0.419 e. The van der Waals surface area contributed by atoms with E-state index < -0.39 is 26.8 Å². The molecule has 2 rings (SSSR count). The molecule has 120 valence electrons. The number of alkyl halides is 3. The Kier molecular flexibility index (Phi) is 4.83. The summed E-state index contributed by atoms with van der Waals surface area (Å²) in [6, 6.07) is 1.73. The average Bonchev–Trinajstić information content (AvgIpc) is 2.83. The van der Waals surface area contributed by atoms with E-state index in [4.69, 9.17) is 0 Å². The van der Waals surface area contributed by atoms with Crippen molar-refractivity contribution in [3.8, 4) is 0 Å². The highest BCUT2D eigenvalue weighted by molar-refractivity contribution is 7.89. The number of thiazole rings is 1. The van der Waals surface area contributed by atoms with Crippen molar-refractivity contribution in [2.75, 3.05) is 6.54 Å². The van der Waals surface area contributed by atoms with E-state index >= 15 is 0 Å². The van der Waals surface area contributed by atoms with Crippen LogP contribution in [0.5, 0.6) is 0 Å². The predicted octanol–water partition coefficient (Wildman–Crippen LogP) is 2.39. The molecule has 5 nitrogen and oxygen atoms in total. The molecule has 0 aliphatic heterocycles. The Balaban J connectivity index is 2.14. The van der Waals surface area contributed by atoms with Crippen LogP contribution in [0.3, 0.4) is 0 Å². The minimum absolute atomic E-state index is 0.0524. The van der Waals surface area contributed by atoms with Gasteiger partial charge < -0.3 is 0 Å². The molecule has 0 spiro atoms. The van der Waals surface area contributed by atoms with Gasteiger partial charge in [-0.05, 0) is 19.1 Å². The van der Waals surface area contributed by atoms with Crippen LogP contribution in [0.1, 0.15) is 16.3 Å². The van der Waals surface area contributed by atoms with Crippen LogP contribution in [-0.4, -0.2) is 24.9 Å². The number of nitrogens with one attached hydrogen (secondary N) is 1. The van der Waals surface area contributed by atoms with Gasteiger partial charge in [0.25, 0.3) is 10.0 Å². The molecule has 0 aromatic carbocycles. The third-order valence-electron chi connectivity index (χ3n) is 2.63. The lowest BCUT2D eigenvalue weighted by atomic mass is 10.3. The summed E-state index contributed by atoms with van der Waals surface area (Å²) in [5.41, 5.74) is -0.473. The number of hydrogen-bond donors (Lipinski definition) is 1. The third kappa shape index (κ3) is 4.02. The fraction of sp³-hybridized carbons (Fsp3) is 0.333. The number of hydrogen-bond acceptors (Lipinski definition) is 5. The van der Waals surface area contributed by atoms with E-state index in [0.29, 0.717) is 17.5 Å². The Morgan fingerprint density at radius 1 is 1.36 bits per heavy atom. The minimum Gasteiger partial charge on any atom is -0.247 e. The van der Waals surface area contributed by atoms with Crippen molar-refractivity contribution in [2.24, 2.45) is 0 Å². The molecule has 0 atom stereocenters. The first-order valence-corrected chi connectivity index (χ1v) is 8.49. The molecule has 0 saturated carbocycles. The lowest BCUT2D eigenvalue weighted by molar-refractivity contribution is -0.140. The quantitative estimate of drug-likeness (QED) is 0.898. The highest BCUT2D eigenvalue weighted by atomic mass is 32.2. The van der Waals surface area contributed by atoms with E-state index in [1.165, 1.54) is 11.3 Å². The molecule has 2 heterocycles. The first-order valence-electron chi connectivity index (χ1n) is 6.13. The first-order chi connectivity index (χ1) is 10.2. The maximum absolute atomic E-state index is 12.8. The van der Waals surface area contributed by atoms with E-state index in [1.807, 2.05) is 5.38 Å².